The van der Waals surface area contributed by atoms with Crippen LogP contribution in [0.25, 0.3) is 0 Å². The number of hydrogen-bond acceptors (Lipinski definition) is 3. The molecule has 0 saturated carbocycles. The molecule has 0 unspecified atom stereocenters. The molecule has 0 aromatic heterocycles. The Labute approximate surface area is 104 Å². The fourth-order valence-corrected chi connectivity index (χ4v) is 2.68. The predicted molar refractivity (Wildman–Crippen MR) is 65.9 cm³/mol. The van der Waals surface area contributed by atoms with Crippen LogP contribution in [0.3, 0.4) is 0 Å². The van der Waals surface area contributed by atoms with Crippen LogP contribution in [0.15, 0.2) is 18.2 Å². The molecule has 0 atom stereocenters. The Bertz CT molecular complexity index is 417. The van der Waals surface area contributed by atoms with Gasteiger partial charge >= 0.3 is 0 Å². The molecular formula is C12H14FNO2S. The third-order valence-corrected chi connectivity index (χ3v) is 3.74. The molecule has 3 nitrogen and oxygen atoms in total. The fraction of sp³-hybridized carbons (Fsp3) is 0.417. The third-order valence-electron chi connectivity index (χ3n) is 2.69. The van der Waals surface area contributed by atoms with Crippen LogP contribution >= 0.6 is 11.8 Å². The van der Waals surface area contributed by atoms with E-state index in [-0.39, 0.29) is 17.2 Å². The summed E-state index contributed by atoms with van der Waals surface area (Å²) in [5.41, 5.74) is 0.0368. The maximum Gasteiger partial charge on any atom is 0.256 e. The number of thioether (sulfide) groups is 1. The summed E-state index contributed by atoms with van der Waals surface area (Å²) in [7, 11) is 0. The molecule has 5 heteroatoms. The lowest BCUT2D eigenvalue weighted by atomic mass is 10.1. The van der Waals surface area contributed by atoms with E-state index in [9.17, 15) is 9.18 Å². The Morgan fingerprint density at radius 2 is 2.18 bits per heavy atom. The standard InChI is InChI=1S/C12H14FNO2S/c13-11-8-9(15)2-3-10(11)12(16)14-4-1-6-17-7-5-14/h2-3,8,15H,1,4-7H2. The van der Waals surface area contributed by atoms with E-state index >= 15 is 0 Å². The molecule has 0 radical (unpaired) electrons. The monoisotopic (exact) mass is 255 g/mol. The van der Waals surface area contributed by atoms with Gasteiger partial charge in [0.1, 0.15) is 11.6 Å². The zero-order valence-electron chi connectivity index (χ0n) is 9.36. The Morgan fingerprint density at radius 1 is 1.35 bits per heavy atom. The first-order chi connectivity index (χ1) is 8.18. The number of halogens is 1. The number of benzene rings is 1. The van der Waals surface area contributed by atoms with Crippen molar-refractivity contribution in [2.24, 2.45) is 0 Å². The molecule has 17 heavy (non-hydrogen) atoms. The van der Waals surface area contributed by atoms with Crippen LogP contribution in [-0.4, -0.2) is 40.5 Å². The van der Waals surface area contributed by atoms with Gasteiger partial charge in [0.05, 0.1) is 5.56 Å². The summed E-state index contributed by atoms with van der Waals surface area (Å²) in [6.07, 6.45) is 0.941. The minimum Gasteiger partial charge on any atom is -0.508 e. The summed E-state index contributed by atoms with van der Waals surface area (Å²) in [5, 5.41) is 9.11. The van der Waals surface area contributed by atoms with Gasteiger partial charge in [-0.2, -0.15) is 11.8 Å². The van der Waals surface area contributed by atoms with Gasteiger partial charge in [-0.3, -0.25) is 4.79 Å². The minimum atomic E-state index is -0.660. The molecule has 1 aliphatic rings. The molecule has 2 rings (SSSR count). The average Bonchev–Trinajstić information content (AvgIpc) is 2.56. The molecule has 0 aliphatic carbocycles. The van der Waals surface area contributed by atoms with Crippen LogP contribution in [0.2, 0.25) is 0 Å². The number of hydrogen-bond donors (Lipinski definition) is 1. The van der Waals surface area contributed by atoms with Crippen molar-refractivity contribution in [3.63, 3.8) is 0 Å². The molecule has 1 fully saturated rings. The minimum absolute atomic E-state index is 0.0368. The zero-order valence-corrected chi connectivity index (χ0v) is 10.2. The summed E-state index contributed by atoms with van der Waals surface area (Å²) in [4.78, 5) is 13.8. The molecule has 1 saturated heterocycles. The van der Waals surface area contributed by atoms with Crippen LogP contribution in [-0.2, 0) is 0 Å². The van der Waals surface area contributed by atoms with Gasteiger partial charge in [0.25, 0.3) is 5.91 Å². The van der Waals surface area contributed by atoms with Crippen molar-refractivity contribution in [2.75, 3.05) is 24.6 Å². The van der Waals surface area contributed by atoms with Crippen LogP contribution in [0, 0.1) is 5.82 Å². The van der Waals surface area contributed by atoms with Crippen LogP contribution < -0.4 is 0 Å². The number of carbonyl (C=O) groups is 1. The average molecular weight is 255 g/mol. The molecule has 1 heterocycles. The van der Waals surface area contributed by atoms with E-state index in [1.54, 1.807) is 4.90 Å². The van der Waals surface area contributed by atoms with Crippen molar-refractivity contribution in [1.29, 1.82) is 0 Å². The highest BCUT2D eigenvalue weighted by Crippen LogP contribution is 2.18. The number of amides is 1. The molecule has 0 bridgehead atoms. The highest BCUT2D eigenvalue weighted by Gasteiger charge is 2.20. The van der Waals surface area contributed by atoms with Crippen molar-refractivity contribution < 1.29 is 14.3 Å². The molecule has 1 aromatic rings. The number of phenolic OH excluding ortho intramolecular Hbond substituents is 1. The lowest BCUT2D eigenvalue weighted by Gasteiger charge is -2.20. The Morgan fingerprint density at radius 3 is 2.94 bits per heavy atom. The van der Waals surface area contributed by atoms with Gasteiger partial charge in [-0.05, 0) is 24.3 Å². The van der Waals surface area contributed by atoms with E-state index in [1.165, 1.54) is 12.1 Å². The number of aromatic hydroxyl groups is 1. The maximum atomic E-state index is 13.5. The van der Waals surface area contributed by atoms with Crippen molar-refractivity contribution in [2.45, 2.75) is 6.42 Å². The normalized spacial score (nSPS) is 16.6. The number of nitrogens with zero attached hydrogens (tertiary/aromatic N) is 1. The van der Waals surface area contributed by atoms with Gasteiger partial charge in [0.2, 0.25) is 0 Å². The first-order valence-electron chi connectivity index (χ1n) is 5.54. The SMILES string of the molecule is O=C(c1ccc(O)cc1F)N1CCCSCC1. The summed E-state index contributed by atoms with van der Waals surface area (Å²) < 4.78 is 13.5. The van der Waals surface area contributed by atoms with Gasteiger partial charge in [-0.25, -0.2) is 4.39 Å². The number of carbonyl (C=O) groups excluding carboxylic acids is 1. The van der Waals surface area contributed by atoms with E-state index in [1.807, 2.05) is 11.8 Å². The summed E-state index contributed by atoms with van der Waals surface area (Å²) in [5.74, 6) is 0.829. The fourth-order valence-electron chi connectivity index (χ4n) is 1.80. The highest BCUT2D eigenvalue weighted by atomic mass is 32.2. The van der Waals surface area contributed by atoms with Crippen molar-refractivity contribution in [3.8, 4) is 5.75 Å². The van der Waals surface area contributed by atoms with Gasteiger partial charge in [0, 0.05) is 24.9 Å². The summed E-state index contributed by atoms with van der Waals surface area (Å²) >= 11 is 1.81. The Hall–Kier alpha value is -1.23. The lowest BCUT2D eigenvalue weighted by molar-refractivity contribution is 0.0764. The Balaban J connectivity index is 2.17. The predicted octanol–water partition coefficient (Wildman–Crippen LogP) is 2.11. The molecular weight excluding hydrogens is 241 g/mol. The van der Waals surface area contributed by atoms with E-state index in [0.717, 1.165) is 24.0 Å². The summed E-state index contributed by atoms with van der Waals surface area (Å²) in [6.45, 7) is 1.33. The molecule has 1 aromatic carbocycles. The van der Waals surface area contributed by atoms with Gasteiger partial charge < -0.3 is 10.0 Å². The third kappa shape index (κ3) is 2.91. The molecule has 0 spiro atoms. The van der Waals surface area contributed by atoms with Gasteiger partial charge in [0.15, 0.2) is 0 Å². The topological polar surface area (TPSA) is 40.5 Å². The van der Waals surface area contributed by atoms with Crippen molar-refractivity contribution in [3.05, 3.63) is 29.6 Å². The summed E-state index contributed by atoms with van der Waals surface area (Å²) in [6, 6.07) is 3.65. The smallest absolute Gasteiger partial charge is 0.256 e. The molecule has 92 valence electrons. The van der Waals surface area contributed by atoms with E-state index in [2.05, 4.69) is 0 Å². The molecule has 1 amide bonds. The Kier molecular flexibility index (Phi) is 3.89. The first-order valence-corrected chi connectivity index (χ1v) is 6.69. The highest BCUT2D eigenvalue weighted by molar-refractivity contribution is 7.99. The number of rotatable bonds is 1. The largest absolute Gasteiger partial charge is 0.508 e. The number of phenols is 1. The van der Waals surface area contributed by atoms with E-state index in [4.69, 9.17) is 5.11 Å². The first kappa shape index (κ1) is 12.2. The second-order valence-electron chi connectivity index (χ2n) is 3.92. The van der Waals surface area contributed by atoms with Gasteiger partial charge in [-0.1, -0.05) is 0 Å². The second-order valence-corrected chi connectivity index (χ2v) is 5.15. The quantitative estimate of drug-likeness (QED) is 0.835. The van der Waals surface area contributed by atoms with Crippen molar-refractivity contribution in [1.82, 2.24) is 4.90 Å². The molecule has 1 N–H and O–H groups in total. The van der Waals surface area contributed by atoms with Crippen molar-refractivity contribution >= 4 is 17.7 Å². The molecule has 1 aliphatic heterocycles. The van der Waals surface area contributed by atoms with Crippen LogP contribution in [0.1, 0.15) is 16.8 Å². The van der Waals surface area contributed by atoms with E-state index in [0.29, 0.717) is 13.1 Å². The van der Waals surface area contributed by atoms with Gasteiger partial charge in [-0.15, -0.1) is 0 Å². The van der Waals surface area contributed by atoms with Crippen LogP contribution in [0.4, 0.5) is 4.39 Å². The lowest BCUT2D eigenvalue weighted by Crippen LogP contribution is -2.33. The maximum absolute atomic E-state index is 13.5. The second kappa shape index (κ2) is 5.40. The van der Waals surface area contributed by atoms with Crippen LogP contribution in [0.5, 0.6) is 5.75 Å². The van der Waals surface area contributed by atoms with E-state index < -0.39 is 5.82 Å². The zero-order chi connectivity index (χ0) is 12.3.